The van der Waals surface area contributed by atoms with Crippen LogP contribution in [0.4, 0.5) is 4.39 Å². The monoisotopic (exact) mass is 278 g/mol. The summed E-state index contributed by atoms with van der Waals surface area (Å²) in [4.78, 5) is 11.9. The SMILES string of the molecule is C[C@H](NC(=O)CCC1CCCNC1)c1cccc(F)c1. The Morgan fingerprint density at radius 1 is 1.55 bits per heavy atom. The topological polar surface area (TPSA) is 41.1 Å². The maximum Gasteiger partial charge on any atom is 0.220 e. The van der Waals surface area contributed by atoms with Crippen LogP contribution in [-0.4, -0.2) is 19.0 Å². The first kappa shape index (κ1) is 15.0. The van der Waals surface area contributed by atoms with Gasteiger partial charge in [0.05, 0.1) is 6.04 Å². The minimum atomic E-state index is -0.267. The van der Waals surface area contributed by atoms with Crippen molar-refractivity contribution in [3.63, 3.8) is 0 Å². The van der Waals surface area contributed by atoms with E-state index >= 15 is 0 Å². The maximum absolute atomic E-state index is 13.1. The molecule has 1 fully saturated rings. The lowest BCUT2D eigenvalue weighted by Gasteiger charge is -2.22. The lowest BCUT2D eigenvalue weighted by molar-refractivity contribution is -0.122. The van der Waals surface area contributed by atoms with Crippen molar-refractivity contribution >= 4 is 5.91 Å². The average Bonchev–Trinajstić information content (AvgIpc) is 2.46. The van der Waals surface area contributed by atoms with E-state index in [4.69, 9.17) is 0 Å². The lowest BCUT2D eigenvalue weighted by atomic mass is 9.94. The highest BCUT2D eigenvalue weighted by Gasteiger charge is 2.15. The molecule has 3 nitrogen and oxygen atoms in total. The van der Waals surface area contributed by atoms with Gasteiger partial charge in [0.15, 0.2) is 0 Å². The molecule has 4 heteroatoms. The van der Waals surface area contributed by atoms with Gasteiger partial charge in [0.2, 0.25) is 5.91 Å². The Morgan fingerprint density at radius 3 is 3.10 bits per heavy atom. The Kier molecular flexibility index (Phi) is 5.53. The highest BCUT2D eigenvalue weighted by atomic mass is 19.1. The summed E-state index contributed by atoms with van der Waals surface area (Å²) in [7, 11) is 0. The predicted octanol–water partition coefficient (Wildman–Crippen LogP) is 2.78. The zero-order chi connectivity index (χ0) is 14.4. The molecular weight excluding hydrogens is 255 g/mol. The van der Waals surface area contributed by atoms with Gasteiger partial charge in [-0.25, -0.2) is 4.39 Å². The number of carbonyl (C=O) groups excluding carboxylic acids is 1. The zero-order valence-electron chi connectivity index (χ0n) is 12.0. The molecule has 1 heterocycles. The van der Waals surface area contributed by atoms with Gasteiger partial charge in [-0.1, -0.05) is 12.1 Å². The number of hydrogen-bond donors (Lipinski definition) is 2. The number of piperidine rings is 1. The van der Waals surface area contributed by atoms with Crippen molar-refractivity contribution in [1.82, 2.24) is 10.6 Å². The molecule has 2 rings (SSSR count). The molecule has 0 radical (unpaired) electrons. The van der Waals surface area contributed by atoms with E-state index in [1.165, 1.54) is 25.0 Å². The van der Waals surface area contributed by atoms with Gasteiger partial charge in [-0.05, 0) is 62.9 Å². The summed E-state index contributed by atoms with van der Waals surface area (Å²) in [5.74, 6) is 0.392. The average molecular weight is 278 g/mol. The summed E-state index contributed by atoms with van der Waals surface area (Å²) in [6.07, 6.45) is 3.88. The zero-order valence-corrected chi connectivity index (χ0v) is 12.0. The van der Waals surface area contributed by atoms with Crippen LogP contribution in [0.1, 0.15) is 44.2 Å². The maximum atomic E-state index is 13.1. The molecule has 1 aliphatic rings. The smallest absolute Gasteiger partial charge is 0.220 e. The molecule has 20 heavy (non-hydrogen) atoms. The number of hydrogen-bond acceptors (Lipinski definition) is 2. The van der Waals surface area contributed by atoms with Crippen LogP contribution in [0.5, 0.6) is 0 Å². The Hall–Kier alpha value is -1.42. The summed E-state index contributed by atoms with van der Waals surface area (Å²) in [6.45, 7) is 4.00. The Labute approximate surface area is 120 Å². The van der Waals surface area contributed by atoms with Crippen molar-refractivity contribution in [3.05, 3.63) is 35.6 Å². The summed E-state index contributed by atoms with van der Waals surface area (Å²) in [5.41, 5.74) is 0.803. The van der Waals surface area contributed by atoms with Crippen molar-refractivity contribution in [2.75, 3.05) is 13.1 Å². The first-order valence-corrected chi connectivity index (χ1v) is 7.40. The minimum Gasteiger partial charge on any atom is -0.350 e. The van der Waals surface area contributed by atoms with E-state index in [2.05, 4.69) is 10.6 Å². The van der Waals surface area contributed by atoms with Crippen molar-refractivity contribution < 1.29 is 9.18 Å². The van der Waals surface area contributed by atoms with Crippen LogP contribution in [0.25, 0.3) is 0 Å². The van der Waals surface area contributed by atoms with E-state index in [1.807, 2.05) is 13.0 Å². The van der Waals surface area contributed by atoms with Gasteiger partial charge in [-0.3, -0.25) is 4.79 Å². The van der Waals surface area contributed by atoms with Crippen molar-refractivity contribution in [1.29, 1.82) is 0 Å². The van der Waals surface area contributed by atoms with Gasteiger partial charge in [-0.2, -0.15) is 0 Å². The molecule has 1 aliphatic heterocycles. The van der Waals surface area contributed by atoms with E-state index in [0.29, 0.717) is 12.3 Å². The number of nitrogens with one attached hydrogen (secondary N) is 2. The van der Waals surface area contributed by atoms with Crippen molar-refractivity contribution in [2.24, 2.45) is 5.92 Å². The first-order chi connectivity index (χ1) is 9.65. The molecule has 0 aliphatic carbocycles. The summed E-state index contributed by atoms with van der Waals surface area (Å²) in [5, 5.41) is 6.29. The molecule has 2 N–H and O–H groups in total. The van der Waals surface area contributed by atoms with Crippen LogP contribution in [0.15, 0.2) is 24.3 Å². The highest BCUT2D eigenvalue weighted by molar-refractivity contribution is 5.76. The summed E-state index contributed by atoms with van der Waals surface area (Å²) in [6, 6.07) is 6.23. The molecule has 2 atom stereocenters. The molecular formula is C16H23FN2O. The summed E-state index contributed by atoms with van der Waals surface area (Å²) >= 11 is 0. The van der Waals surface area contributed by atoms with Gasteiger partial charge < -0.3 is 10.6 Å². The van der Waals surface area contributed by atoms with Crippen LogP contribution in [-0.2, 0) is 4.79 Å². The van der Waals surface area contributed by atoms with E-state index in [1.54, 1.807) is 6.07 Å². The molecule has 0 saturated carbocycles. The quantitative estimate of drug-likeness (QED) is 0.869. The lowest BCUT2D eigenvalue weighted by Crippen LogP contribution is -2.31. The van der Waals surface area contributed by atoms with Gasteiger partial charge in [0.25, 0.3) is 0 Å². The first-order valence-electron chi connectivity index (χ1n) is 7.40. The van der Waals surface area contributed by atoms with Crippen molar-refractivity contribution in [2.45, 2.75) is 38.6 Å². The third-order valence-electron chi connectivity index (χ3n) is 3.90. The van der Waals surface area contributed by atoms with Crippen LogP contribution in [0.2, 0.25) is 0 Å². The molecule has 1 saturated heterocycles. The predicted molar refractivity (Wildman–Crippen MR) is 77.8 cm³/mol. The standard InChI is InChI=1S/C16H23FN2O/c1-12(14-5-2-6-15(17)10-14)19-16(20)8-7-13-4-3-9-18-11-13/h2,5-6,10,12-13,18H,3-4,7-9,11H2,1H3,(H,19,20)/t12-,13?/m0/s1. The molecule has 0 aromatic heterocycles. The second-order valence-electron chi connectivity index (χ2n) is 5.60. The fourth-order valence-electron chi connectivity index (χ4n) is 2.68. The highest BCUT2D eigenvalue weighted by Crippen LogP contribution is 2.17. The molecule has 1 unspecified atom stereocenters. The number of rotatable bonds is 5. The van der Waals surface area contributed by atoms with Crippen LogP contribution >= 0.6 is 0 Å². The minimum absolute atomic E-state index is 0.0485. The van der Waals surface area contributed by atoms with E-state index in [0.717, 1.165) is 25.1 Å². The normalized spacial score (nSPS) is 20.4. The molecule has 1 aromatic rings. The fourth-order valence-corrected chi connectivity index (χ4v) is 2.68. The fraction of sp³-hybridized carbons (Fsp3) is 0.562. The Morgan fingerprint density at radius 2 is 2.40 bits per heavy atom. The second kappa shape index (κ2) is 7.39. The summed E-state index contributed by atoms with van der Waals surface area (Å²) < 4.78 is 13.1. The second-order valence-corrected chi connectivity index (χ2v) is 5.60. The number of amides is 1. The van der Waals surface area contributed by atoms with E-state index in [-0.39, 0.29) is 17.8 Å². The van der Waals surface area contributed by atoms with Crippen molar-refractivity contribution in [3.8, 4) is 0 Å². The van der Waals surface area contributed by atoms with Gasteiger partial charge in [-0.15, -0.1) is 0 Å². The molecule has 1 aromatic carbocycles. The number of carbonyl (C=O) groups is 1. The van der Waals surface area contributed by atoms with Crippen LogP contribution < -0.4 is 10.6 Å². The third kappa shape index (κ3) is 4.60. The van der Waals surface area contributed by atoms with Gasteiger partial charge in [0, 0.05) is 6.42 Å². The van der Waals surface area contributed by atoms with E-state index < -0.39 is 0 Å². The molecule has 0 spiro atoms. The van der Waals surface area contributed by atoms with Crippen LogP contribution in [0.3, 0.4) is 0 Å². The molecule has 1 amide bonds. The Bertz CT molecular complexity index is 444. The largest absolute Gasteiger partial charge is 0.350 e. The van der Waals surface area contributed by atoms with Gasteiger partial charge in [0.1, 0.15) is 5.82 Å². The molecule has 110 valence electrons. The third-order valence-corrected chi connectivity index (χ3v) is 3.90. The number of benzene rings is 1. The number of halogens is 1. The van der Waals surface area contributed by atoms with Gasteiger partial charge >= 0.3 is 0 Å². The molecule has 0 bridgehead atoms. The van der Waals surface area contributed by atoms with E-state index in [9.17, 15) is 9.18 Å². The Balaban J connectivity index is 1.76. The van der Waals surface area contributed by atoms with Crippen LogP contribution in [0, 0.1) is 11.7 Å².